The Morgan fingerprint density at radius 3 is 2.21 bits per heavy atom. The topological polar surface area (TPSA) is 183 Å². The molecular weight excluding hydrogens is 427 g/mol. The van der Waals surface area contributed by atoms with Gasteiger partial charge in [0, 0.05) is 12.5 Å². The highest BCUT2D eigenvalue weighted by Crippen LogP contribution is 2.30. The fourth-order valence-electron chi connectivity index (χ4n) is 2.64. The summed E-state index contributed by atoms with van der Waals surface area (Å²) < 4.78 is 0. The molecule has 29 heavy (non-hydrogen) atoms. The van der Waals surface area contributed by atoms with Crippen LogP contribution in [0.25, 0.3) is 0 Å². The molecule has 0 bridgehead atoms. The average Bonchev–Trinajstić information content (AvgIpc) is 2.82. The Bertz CT molecular complexity index is 834. The van der Waals surface area contributed by atoms with Crippen LogP contribution in [0, 0.1) is 5.41 Å². The third-order valence-corrected chi connectivity index (χ3v) is 4.23. The van der Waals surface area contributed by atoms with Crippen molar-refractivity contribution in [2.45, 2.75) is 25.4 Å². The van der Waals surface area contributed by atoms with Crippen LogP contribution in [0.3, 0.4) is 0 Å². The Hall–Kier alpha value is -2.89. The molecule has 1 saturated heterocycles. The normalized spacial score (nSPS) is 18.8. The van der Waals surface area contributed by atoms with Crippen LogP contribution in [0.1, 0.15) is 25.0 Å². The largest absolute Gasteiger partial charge is 0.480 e. The van der Waals surface area contributed by atoms with Crippen molar-refractivity contribution < 1.29 is 24.3 Å². The van der Waals surface area contributed by atoms with E-state index in [1.165, 1.54) is 31.2 Å². The van der Waals surface area contributed by atoms with Crippen LogP contribution in [-0.2, 0) is 19.9 Å². The van der Waals surface area contributed by atoms with E-state index in [0.717, 1.165) is 6.92 Å². The summed E-state index contributed by atoms with van der Waals surface area (Å²) in [6.07, 6.45) is 0. The first-order chi connectivity index (χ1) is 12.5. The number of nitrogens with zero attached hydrogens (tertiary/aromatic N) is 2. The van der Waals surface area contributed by atoms with E-state index in [-0.39, 0.29) is 30.6 Å². The van der Waals surface area contributed by atoms with Gasteiger partial charge in [0.05, 0.1) is 6.54 Å². The molecule has 1 aromatic rings. The summed E-state index contributed by atoms with van der Waals surface area (Å²) in [7, 11) is 0. The lowest BCUT2D eigenvalue weighted by Crippen LogP contribution is -2.55. The summed E-state index contributed by atoms with van der Waals surface area (Å²) in [6, 6.07) is 3.74. The van der Waals surface area contributed by atoms with Crippen LogP contribution in [0.15, 0.2) is 24.3 Å². The summed E-state index contributed by atoms with van der Waals surface area (Å²) in [4.78, 5) is 48.2. The molecule has 11 nitrogen and oxygen atoms in total. The van der Waals surface area contributed by atoms with Crippen molar-refractivity contribution in [1.82, 2.24) is 15.3 Å². The van der Waals surface area contributed by atoms with Gasteiger partial charge in [-0.15, -0.1) is 24.8 Å². The molecule has 0 saturated carbocycles. The molecule has 2 rings (SSSR count). The fourth-order valence-corrected chi connectivity index (χ4v) is 2.64. The van der Waals surface area contributed by atoms with Crippen molar-refractivity contribution in [2.75, 3.05) is 6.54 Å². The summed E-state index contributed by atoms with van der Waals surface area (Å²) in [6.45, 7) is 1.99. The number of amides is 4. The number of carbonyl (C=O) groups is 4. The zero-order valence-corrected chi connectivity index (χ0v) is 17.2. The highest BCUT2D eigenvalue weighted by atomic mass is 35.5. The zero-order chi connectivity index (χ0) is 20.5. The quantitative estimate of drug-likeness (QED) is 0.225. The lowest BCUT2D eigenvalue weighted by molar-refractivity contribution is -0.157. The number of amidine groups is 1. The number of hydrazine groups is 1. The Morgan fingerprint density at radius 1 is 1.28 bits per heavy atom. The Balaban J connectivity index is 0.00000392. The monoisotopic (exact) mass is 448 g/mol. The summed E-state index contributed by atoms with van der Waals surface area (Å²) >= 11 is 0. The molecule has 0 spiro atoms. The number of aliphatic carboxylic acids is 1. The third-order valence-electron chi connectivity index (χ3n) is 4.23. The lowest BCUT2D eigenvalue weighted by Gasteiger charge is -2.30. The smallest absolute Gasteiger partial charge is 0.344 e. The van der Waals surface area contributed by atoms with E-state index in [1.807, 2.05) is 0 Å². The number of imide groups is 1. The minimum Gasteiger partial charge on any atom is -0.480 e. The van der Waals surface area contributed by atoms with Gasteiger partial charge in [0.15, 0.2) is 0 Å². The number of carboxylic acids is 1. The van der Waals surface area contributed by atoms with Crippen LogP contribution < -0.4 is 16.8 Å². The number of halogens is 2. The van der Waals surface area contributed by atoms with E-state index < -0.39 is 41.9 Å². The van der Waals surface area contributed by atoms with Crippen LogP contribution >= 0.6 is 24.8 Å². The van der Waals surface area contributed by atoms with Crippen molar-refractivity contribution in [2.24, 2.45) is 11.5 Å². The second-order valence-electron chi connectivity index (χ2n) is 6.21. The first-order valence-electron chi connectivity index (χ1n) is 7.87. The van der Waals surface area contributed by atoms with Crippen molar-refractivity contribution in [3.8, 4) is 0 Å². The first kappa shape index (κ1) is 26.1. The van der Waals surface area contributed by atoms with E-state index >= 15 is 0 Å². The van der Waals surface area contributed by atoms with Gasteiger partial charge in [-0.2, -0.15) is 5.01 Å². The molecule has 1 aliphatic rings. The average molecular weight is 449 g/mol. The first-order valence-corrected chi connectivity index (χ1v) is 7.87. The van der Waals surface area contributed by atoms with Gasteiger partial charge in [-0.3, -0.25) is 19.8 Å². The summed E-state index contributed by atoms with van der Waals surface area (Å²) in [5.74, 6) is -3.02. The molecule has 0 aliphatic carbocycles. The van der Waals surface area contributed by atoms with E-state index in [0.29, 0.717) is 21.1 Å². The number of carbonyl (C=O) groups excluding carboxylic acids is 3. The van der Waals surface area contributed by atoms with Crippen LogP contribution in [-0.4, -0.2) is 57.4 Å². The standard InChI is InChI=1S/C16H20N6O5.2ClH/c1-8(23)21(7-11(17)13(24)25)22-14(26)16(2,20-15(22)27)10-5-3-9(4-6-10)12(18)19;;/h3-6,11H,7,17H2,1-2H3,(H3,18,19)(H,20,27)(H,24,25);2*1H/t11-,16+;;/m0../s1. The predicted octanol–water partition coefficient (Wildman–Crippen LogP) is -0.243. The lowest BCUT2D eigenvalue weighted by atomic mass is 9.91. The van der Waals surface area contributed by atoms with Gasteiger partial charge in [-0.25, -0.2) is 9.80 Å². The van der Waals surface area contributed by atoms with Crippen LogP contribution in [0.5, 0.6) is 0 Å². The second kappa shape index (κ2) is 9.54. The maximum absolute atomic E-state index is 12.9. The Morgan fingerprint density at radius 2 is 1.79 bits per heavy atom. The number of carboxylic acid groups (broad SMARTS) is 1. The van der Waals surface area contributed by atoms with E-state index in [9.17, 15) is 19.2 Å². The fraction of sp³-hybridized carbons (Fsp3) is 0.312. The number of hydrogen-bond donors (Lipinski definition) is 5. The van der Waals surface area contributed by atoms with Crippen molar-refractivity contribution in [3.63, 3.8) is 0 Å². The molecule has 4 amide bonds. The van der Waals surface area contributed by atoms with Gasteiger partial charge in [-0.1, -0.05) is 24.3 Å². The number of nitrogen functional groups attached to an aromatic ring is 1. The van der Waals surface area contributed by atoms with Crippen molar-refractivity contribution >= 4 is 54.5 Å². The molecule has 1 fully saturated rings. The van der Waals surface area contributed by atoms with E-state index in [4.69, 9.17) is 22.0 Å². The summed E-state index contributed by atoms with van der Waals surface area (Å²) in [5, 5.41) is 20.1. The maximum atomic E-state index is 12.9. The van der Waals surface area contributed by atoms with Crippen LogP contribution in [0.4, 0.5) is 4.79 Å². The molecule has 0 unspecified atom stereocenters. The molecule has 2 atom stereocenters. The number of nitrogens with two attached hydrogens (primary N) is 2. The van der Waals surface area contributed by atoms with Gasteiger partial charge in [0.2, 0.25) is 5.91 Å². The number of hydrogen-bond acceptors (Lipinski definition) is 6. The van der Waals surface area contributed by atoms with Gasteiger partial charge in [-0.05, 0) is 12.5 Å². The maximum Gasteiger partial charge on any atom is 0.344 e. The van der Waals surface area contributed by atoms with E-state index in [1.54, 1.807) is 0 Å². The molecule has 0 radical (unpaired) electrons. The van der Waals surface area contributed by atoms with Crippen molar-refractivity contribution in [3.05, 3.63) is 35.4 Å². The molecule has 7 N–H and O–H groups in total. The molecular formula is C16H22Cl2N6O5. The van der Waals surface area contributed by atoms with Crippen LogP contribution in [0.2, 0.25) is 0 Å². The number of rotatable bonds is 6. The number of benzene rings is 1. The highest BCUT2D eigenvalue weighted by Gasteiger charge is 2.52. The summed E-state index contributed by atoms with van der Waals surface area (Å²) in [5.41, 5.74) is 10.2. The van der Waals surface area contributed by atoms with Gasteiger partial charge < -0.3 is 21.9 Å². The van der Waals surface area contributed by atoms with E-state index in [2.05, 4.69) is 5.32 Å². The predicted molar refractivity (Wildman–Crippen MR) is 108 cm³/mol. The Kier molecular flexibility index (Phi) is 8.59. The van der Waals surface area contributed by atoms with Crippen molar-refractivity contribution in [1.29, 1.82) is 5.41 Å². The third kappa shape index (κ3) is 4.94. The molecule has 1 aliphatic heterocycles. The number of urea groups is 1. The zero-order valence-electron chi connectivity index (χ0n) is 15.5. The molecule has 1 aromatic carbocycles. The molecule has 13 heteroatoms. The van der Waals surface area contributed by atoms with Gasteiger partial charge >= 0.3 is 12.0 Å². The number of nitrogens with one attached hydrogen (secondary N) is 2. The SMILES string of the molecule is CC(=O)N(C[C@H](N)C(=O)O)N1C(=O)N[C@](C)(c2ccc(C(=N)N)cc2)C1=O.Cl.Cl. The molecule has 1 heterocycles. The minimum absolute atomic E-state index is 0. The molecule has 0 aromatic heterocycles. The van der Waals surface area contributed by atoms with Gasteiger partial charge in [0.25, 0.3) is 5.91 Å². The molecule has 160 valence electrons. The van der Waals surface area contributed by atoms with Gasteiger partial charge in [0.1, 0.15) is 17.4 Å². The highest BCUT2D eigenvalue weighted by molar-refractivity contribution is 6.08. The Labute approximate surface area is 178 Å². The second-order valence-corrected chi connectivity index (χ2v) is 6.21. The minimum atomic E-state index is -1.49.